The third-order valence-electron chi connectivity index (χ3n) is 8.81. The molecular weight excluding hydrogens is 797 g/mol. The lowest BCUT2D eigenvalue weighted by atomic mass is 9.96. The van der Waals surface area contributed by atoms with Gasteiger partial charge >= 0.3 is 0 Å². The van der Waals surface area contributed by atoms with Gasteiger partial charge in [0.2, 0.25) is 17.5 Å². The maximum Gasteiger partial charge on any atom is 0.200 e. The maximum atomic E-state index is 15.6. The van der Waals surface area contributed by atoms with E-state index in [2.05, 4.69) is 20.0 Å². The Balaban J connectivity index is 1.52. The average molecular weight is 806 g/mol. The average Bonchev–Trinajstić information content (AvgIpc) is 4.04. The fourth-order valence-corrected chi connectivity index (χ4v) is 6.26. The van der Waals surface area contributed by atoms with Crippen LogP contribution in [-0.4, -0.2) is 22.8 Å². The van der Waals surface area contributed by atoms with Crippen molar-refractivity contribution in [2.45, 2.75) is 0 Å². The Kier molecular flexibility index (Phi) is 8.58. The Morgan fingerprint density at radius 3 is 0.912 bits per heavy atom. The molecule has 0 N–H and O–H groups in total. The van der Waals surface area contributed by atoms with E-state index in [0.29, 0.717) is 0 Å². The van der Waals surface area contributed by atoms with Gasteiger partial charge in [0.25, 0.3) is 0 Å². The van der Waals surface area contributed by atoms with Gasteiger partial charge in [-0.15, -0.1) is 0 Å². The van der Waals surface area contributed by atoms with Crippen LogP contribution < -0.4 is 0 Å². The zero-order valence-electron chi connectivity index (χ0n) is 27.2. The van der Waals surface area contributed by atoms with Crippen LogP contribution in [0, 0.1) is 87.3 Å². The molecule has 0 spiro atoms. The van der Waals surface area contributed by atoms with Crippen LogP contribution in [0.15, 0.2) is 97.4 Å². The van der Waals surface area contributed by atoms with Gasteiger partial charge in [-0.2, -0.15) is 0 Å². The van der Waals surface area contributed by atoms with E-state index in [9.17, 15) is 39.5 Å². The Morgan fingerprint density at radius 1 is 0.263 bits per heavy atom. The molecule has 0 atom stereocenters. The minimum Gasteiger partial charge on any atom is -0.248 e. The van der Waals surface area contributed by atoms with Crippen LogP contribution in [0.4, 0.5) is 65.9 Å². The number of hydrogen-bond donors (Lipinski definition) is 0. The first kappa shape index (κ1) is 37.1. The van der Waals surface area contributed by atoms with Crippen molar-refractivity contribution in [3.8, 4) is 0 Å². The molecule has 57 heavy (non-hydrogen) atoms. The monoisotopic (exact) mass is 806 g/mol. The van der Waals surface area contributed by atoms with Gasteiger partial charge in [-0.05, 0) is 54.7 Å². The molecule has 5 heterocycles. The van der Waals surface area contributed by atoms with Gasteiger partial charge in [0, 0.05) is 16.7 Å². The smallest absolute Gasteiger partial charge is 0.200 e. The van der Waals surface area contributed by atoms with Gasteiger partial charge in [0.1, 0.15) is 0 Å². The normalized spacial score (nSPS) is 17.1. The highest BCUT2D eigenvalue weighted by Gasteiger charge is 2.37. The van der Waals surface area contributed by atoms with Crippen molar-refractivity contribution < 1.29 is 65.9 Å². The highest BCUT2D eigenvalue weighted by Crippen LogP contribution is 2.41. The molecule has 3 aromatic rings. The standard InChI is InChI=1S/C38H9F15N4/c39-24-21(25(40)31(46)36(51)30(24)45)18-12-3-1-10(54-12)9-11-2-4-13(55-11)19(22-26(41)32(47)37(52)33(48)27(22)42)15-6-8-17(57-15)20(16-7-5-14(18)56-16)23-28(43)34(49)38(53)35(50)29(23)44/h1-9H. The molecule has 3 aromatic carbocycles. The van der Waals surface area contributed by atoms with E-state index in [0.717, 1.165) is 54.7 Å². The lowest BCUT2D eigenvalue weighted by Crippen LogP contribution is -2.12. The molecule has 0 radical (unpaired) electrons. The SMILES string of the molecule is Fc1c(F)c(F)c(C2=C3C=CC(=N3)C=C3C=CC(=N3)C(c3c(F)c(F)c(F)c(F)c3F)=C3C=CC(=N3)C(c3c(F)c(F)c(F)c(F)c3F)=C3C=CC2=N3)c(F)c1F. The molecule has 0 aromatic heterocycles. The van der Waals surface area contributed by atoms with Crippen LogP contribution in [-0.2, 0) is 0 Å². The fraction of sp³-hybridized carbons (Fsp3) is 0. The molecule has 19 heteroatoms. The summed E-state index contributed by atoms with van der Waals surface area (Å²) in [6, 6.07) is 0. The fourth-order valence-electron chi connectivity index (χ4n) is 6.26. The molecular formula is C38H9F15N4. The van der Waals surface area contributed by atoms with E-state index >= 15 is 26.3 Å². The van der Waals surface area contributed by atoms with Crippen LogP contribution in [0.5, 0.6) is 0 Å². The minimum atomic E-state index is -2.62. The van der Waals surface area contributed by atoms with Crippen molar-refractivity contribution in [3.05, 3.63) is 181 Å². The van der Waals surface area contributed by atoms with E-state index in [-0.39, 0.29) is 11.4 Å². The minimum absolute atomic E-state index is 0.171. The van der Waals surface area contributed by atoms with E-state index in [1.807, 2.05) is 0 Å². The number of rotatable bonds is 3. The quantitative estimate of drug-likeness (QED) is 0.144. The summed E-state index contributed by atoms with van der Waals surface area (Å²) in [7, 11) is 0. The zero-order valence-corrected chi connectivity index (χ0v) is 27.2. The number of halogens is 15. The molecule has 0 aliphatic carbocycles. The van der Waals surface area contributed by atoms with Gasteiger partial charge in [0.05, 0.1) is 62.3 Å². The van der Waals surface area contributed by atoms with Crippen molar-refractivity contribution in [1.82, 2.24) is 0 Å². The molecule has 286 valence electrons. The number of allylic oxidation sites excluding steroid dienone is 12. The Morgan fingerprint density at radius 2 is 0.544 bits per heavy atom. The number of benzene rings is 3. The van der Waals surface area contributed by atoms with E-state index in [4.69, 9.17) is 0 Å². The van der Waals surface area contributed by atoms with Crippen molar-refractivity contribution >= 4 is 39.6 Å². The molecule has 4 nitrogen and oxygen atoms in total. The molecule has 5 aliphatic rings. The maximum absolute atomic E-state index is 15.6. The third kappa shape index (κ3) is 5.50. The van der Waals surface area contributed by atoms with Crippen LogP contribution in [0.3, 0.4) is 0 Å². The first-order valence-corrected chi connectivity index (χ1v) is 15.6. The second-order valence-electron chi connectivity index (χ2n) is 12.0. The van der Waals surface area contributed by atoms with Crippen molar-refractivity contribution in [2.24, 2.45) is 20.0 Å². The predicted octanol–water partition coefficient (Wildman–Crippen LogP) is 10.2. The van der Waals surface area contributed by atoms with Crippen molar-refractivity contribution in [1.29, 1.82) is 0 Å². The predicted molar refractivity (Wildman–Crippen MR) is 174 cm³/mol. The molecule has 0 saturated carbocycles. The van der Waals surface area contributed by atoms with Gasteiger partial charge in [-0.1, -0.05) is 0 Å². The Hall–Kier alpha value is -6.79. The third-order valence-corrected chi connectivity index (χ3v) is 8.81. The number of hydrogen-bond acceptors (Lipinski definition) is 4. The molecule has 8 rings (SSSR count). The summed E-state index contributed by atoms with van der Waals surface area (Å²) in [6.07, 6.45) is 8.49. The van der Waals surface area contributed by atoms with E-state index in [1.165, 1.54) is 0 Å². The Labute approximate surface area is 306 Å². The zero-order chi connectivity index (χ0) is 40.9. The summed E-state index contributed by atoms with van der Waals surface area (Å²) in [6.45, 7) is 0. The summed E-state index contributed by atoms with van der Waals surface area (Å²) in [5, 5.41) is 0. The summed E-state index contributed by atoms with van der Waals surface area (Å²) < 4.78 is 223. The van der Waals surface area contributed by atoms with Gasteiger partial charge in [-0.25, -0.2) is 85.8 Å². The molecule has 8 bridgehead atoms. The lowest BCUT2D eigenvalue weighted by Gasteiger charge is -2.15. The van der Waals surface area contributed by atoms with Crippen LogP contribution in [0.25, 0.3) is 16.7 Å². The van der Waals surface area contributed by atoms with Gasteiger partial charge in [0.15, 0.2) is 69.8 Å². The largest absolute Gasteiger partial charge is 0.248 e. The van der Waals surface area contributed by atoms with Crippen LogP contribution in [0.2, 0.25) is 0 Å². The topological polar surface area (TPSA) is 49.4 Å². The lowest BCUT2D eigenvalue weighted by molar-refractivity contribution is 0.376. The molecule has 0 saturated heterocycles. The number of aliphatic imine (C=N–C) groups is 4. The van der Waals surface area contributed by atoms with Crippen molar-refractivity contribution in [3.63, 3.8) is 0 Å². The van der Waals surface area contributed by atoms with Crippen LogP contribution in [0.1, 0.15) is 16.7 Å². The second kappa shape index (κ2) is 13.2. The van der Waals surface area contributed by atoms with Crippen molar-refractivity contribution in [2.75, 3.05) is 0 Å². The highest BCUT2D eigenvalue weighted by molar-refractivity contribution is 6.37. The number of fused-ring (bicyclic) bond motifs is 4. The van der Waals surface area contributed by atoms with Crippen LogP contribution >= 0.6 is 0 Å². The van der Waals surface area contributed by atoms with Gasteiger partial charge < -0.3 is 0 Å². The van der Waals surface area contributed by atoms with E-state index < -0.39 is 155 Å². The molecule has 5 aliphatic heterocycles. The summed E-state index contributed by atoms with van der Waals surface area (Å²) in [5.41, 5.74) is -12.6. The Bertz CT molecular complexity index is 2730. The summed E-state index contributed by atoms with van der Waals surface area (Å²) in [5.74, 6) is -36.8. The summed E-state index contributed by atoms with van der Waals surface area (Å²) >= 11 is 0. The number of nitrogens with zero attached hydrogens (tertiary/aromatic N) is 4. The summed E-state index contributed by atoms with van der Waals surface area (Å²) in [4.78, 5) is 16.3. The van der Waals surface area contributed by atoms with Gasteiger partial charge in [-0.3, -0.25) is 0 Å². The first-order valence-electron chi connectivity index (χ1n) is 15.6. The molecule has 0 unspecified atom stereocenters. The molecule has 0 amide bonds. The second-order valence-corrected chi connectivity index (χ2v) is 12.0. The molecule has 0 fully saturated rings. The van der Waals surface area contributed by atoms with E-state index in [1.54, 1.807) is 0 Å². The highest BCUT2D eigenvalue weighted by atomic mass is 19.2. The first-order chi connectivity index (χ1) is 27.0.